The molecule has 1 N–H and O–H groups in total. The molecule has 1 aliphatic carbocycles. The molecule has 6 heteroatoms. The van der Waals surface area contributed by atoms with Crippen molar-refractivity contribution >= 4 is 28.4 Å². The van der Waals surface area contributed by atoms with Crippen molar-refractivity contribution in [3.05, 3.63) is 16.0 Å². The fraction of sp³-hybridized carbons (Fsp3) is 0.600. The van der Waals surface area contributed by atoms with Crippen molar-refractivity contribution < 1.29 is 19.1 Å². The maximum atomic E-state index is 12.3. The van der Waals surface area contributed by atoms with E-state index in [2.05, 4.69) is 17.0 Å². The maximum absolute atomic E-state index is 12.3. The fourth-order valence-corrected chi connectivity index (χ4v) is 3.85. The van der Waals surface area contributed by atoms with Crippen molar-refractivity contribution in [2.24, 2.45) is 5.92 Å². The molecule has 0 aromatic carbocycles. The number of hydrogen-bond donors (Lipinski definition) is 1. The Hall–Kier alpha value is -1.56. The van der Waals surface area contributed by atoms with Gasteiger partial charge in [-0.25, -0.2) is 9.59 Å². The van der Waals surface area contributed by atoms with Gasteiger partial charge in [-0.1, -0.05) is 13.8 Å². The molecular formula is C15H21NO4S. The van der Waals surface area contributed by atoms with Gasteiger partial charge in [-0.3, -0.25) is 5.32 Å². The van der Waals surface area contributed by atoms with Crippen LogP contribution in [-0.4, -0.2) is 25.8 Å². The topological polar surface area (TPSA) is 64.6 Å². The zero-order valence-electron chi connectivity index (χ0n) is 12.7. The summed E-state index contributed by atoms with van der Waals surface area (Å²) >= 11 is 1.46. The second-order valence-electron chi connectivity index (χ2n) is 5.31. The van der Waals surface area contributed by atoms with E-state index in [-0.39, 0.29) is 5.97 Å². The van der Waals surface area contributed by atoms with Crippen molar-refractivity contribution in [2.75, 3.05) is 19.0 Å². The molecule has 2 rings (SSSR count). The number of thiophene rings is 1. The lowest BCUT2D eigenvalue weighted by Crippen LogP contribution is -2.16. The van der Waals surface area contributed by atoms with Crippen LogP contribution >= 0.6 is 11.3 Å². The van der Waals surface area contributed by atoms with E-state index in [4.69, 9.17) is 4.74 Å². The summed E-state index contributed by atoms with van der Waals surface area (Å²) in [4.78, 5) is 24.9. The van der Waals surface area contributed by atoms with E-state index in [0.717, 1.165) is 31.2 Å². The molecular weight excluding hydrogens is 290 g/mol. The van der Waals surface area contributed by atoms with Crippen LogP contribution < -0.4 is 5.32 Å². The van der Waals surface area contributed by atoms with Crippen LogP contribution in [-0.2, 0) is 22.3 Å². The van der Waals surface area contributed by atoms with Gasteiger partial charge in [-0.05, 0) is 37.2 Å². The molecule has 0 aliphatic heterocycles. The first-order valence-corrected chi connectivity index (χ1v) is 8.05. The monoisotopic (exact) mass is 311 g/mol. The van der Waals surface area contributed by atoms with Crippen molar-refractivity contribution in [3.63, 3.8) is 0 Å². The smallest absolute Gasteiger partial charge is 0.411 e. The first kappa shape index (κ1) is 15.8. The van der Waals surface area contributed by atoms with E-state index in [1.54, 1.807) is 0 Å². The van der Waals surface area contributed by atoms with Crippen LogP contribution in [0.4, 0.5) is 9.80 Å². The number of carbonyl (C=O) groups is 2. The van der Waals surface area contributed by atoms with Gasteiger partial charge < -0.3 is 9.47 Å². The standard InChI is InChI=1S/C15H21NO4S/c1-4-7-20-14(17)12-10-6-5-9(2)8-11(10)21-13(12)16-15(18)19-3/h9H,4-8H2,1-3H3,(H,16,18)/t9-/m1/s1. The molecule has 1 atom stereocenters. The van der Waals surface area contributed by atoms with Crippen LogP contribution in [0.2, 0.25) is 0 Å². The Morgan fingerprint density at radius 1 is 1.43 bits per heavy atom. The van der Waals surface area contributed by atoms with Crippen LogP contribution in [0.3, 0.4) is 0 Å². The Bertz CT molecular complexity index is 538. The molecule has 0 saturated heterocycles. The minimum atomic E-state index is -0.564. The Morgan fingerprint density at radius 3 is 2.86 bits per heavy atom. The van der Waals surface area contributed by atoms with Crippen LogP contribution in [0, 0.1) is 5.92 Å². The Balaban J connectivity index is 2.34. The van der Waals surface area contributed by atoms with E-state index >= 15 is 0 Å². The second-order valence-corrected chi connectivity index (χ2v) is 6.41. The lowest BCUT2D eigenvalue weighted by atomic mass is 9.88. The predicted molar refractivity (Wildman–Crippen MR) is 82.1 cm³/mol. The SMILES string of the molecule is CCCOC(=O)c1c(NC(=O)OC)sc2c1CC[C@@H](C)C2. The molecule has 0 bridgehead atoms. The highest BCUT2D eigenvalue weighted by molar-refractivity contribution is 7.17. The van der Waals surface area contributed by atoms with Crippen molar-refractivity contribution in [3.8, 4) is 0 Å². The van der Waals surface area contributed by atoms with Crippen LogP contribution in [0.15, 0.2) is 0 Å². The van der Waals surface area contributed by atoms with Crippen molar-refractivity contribution in [1.29, 1.82) is 0 Å². The van der Waals surface area contributed by atoms with Crippen molar-refractivity contribution in [2.45, 2.75) is 39.5 Å². The van der Waals surface area contributed by atoms with Gasteiger partial charge >= 0.3 is 12.1 Å². The van der Waals surface area contributed by atoms with E-state index in [1.807, 2.05) is 6.92 Å². The number of anilines is 1. The molecule has 0 saturated carbocycles. The minimum Gasteiger partial charge on any atom is -0.462 e. The summed E-state index contributed by atoms with van der Waals surface area (Å²) in [5, 5.41) is 3.19. The summed E-state index contributed by atoms with van der Waals surface area (Å²) < 4.78 is 9.89. The largest absolute Gasteiger partial charge is 0.462 e. The number of fused-ring (bicyclic) bond motifs is 1. The first-order valence-electron chi connectivity index (χ1n) is 7.23. The Labute approximate surface area is 128 Å². The average Bonchev–Trinajstić information content (AvgIpc) is 2.81. The predicted octanol–water partition coefficient (Wildman–Crippen LogP) is 3.62. The highest BCUT2D eigenvalue weighted by atomic mass is 32.1. The number of rotatable bonds is 4. The van der Waals surface area contributed by atoms with Gasteiger partial charge in [0.1, 0.15) is 5.00 Å². The molecule has 1 heterocycles. The number of amides is 1. The maximum Gasteiger partial charge on any atom is 0.411 e. The first-order chi connectivity index (χ1) is 10.1. The van der Waals surface area contributed by atoms with Crippen LogP contribution in [0.1, 0.15) is 47.5 Å². The molecule has 1 aromatic heterocycles. The lowest BCUT2D eigenvalue weighted by molar-refractivity contribution is 0.0505. The van der Waals surface area contributed by atoms with Gasteiger partial charge in [0.25, 0.3) is 0 Å². The number of nitrogens with one attached hydrogen (secondary N) is 1. The number of hydrogen-bond acceptors (Lipinski definition) is 5. The van der Waals surface area contributed by atoms with Gasteiger partial charge in [0.15, 0.2) is 0 Å². The Morgan fingerprint density at radius 2 is 2.19 bits per heavy atom. The lowest BCUT2D eigenvalue weighted by Gasteiger charge is -2.18. The molecule has 0 unspecified atom stereocenters. The highest BCUT2D eigenvalue weighted by Gasteiger charge is 2.29. The summed E-state index contributed by atoms with van der Waals surface area (Å²) in [6.45, 7) is 4.54. The zero-order valence-corrected chi connectivity index (χ0v) is 13.5. The van der Waals surface area contributed by atoms with Gasteiger partial charge in [-0.15, -0.1) is 11.3 Å². The number of carbonyl (C=O) groups excluding carboxylic acids is 2. The van der Waals surface area contributed by atoms with E-state index in [0.29, 0.717) is 23.1 Å². The average molecular weight is 311 g/mol. The van der Waals surface area contributed by atoms with Crippen molar-refractivity contribution in [1.82, 2.24) is 0 Å². The van der Waals surface area contributed by atoms with Gasteiger partial charge in [-0.2, -0.15) is 0 Å². The third-order valence-electron chi connectivity index (χ3n) is 3.55. The molecule has 0 spiro atoms. The van der Waals surface area contributed by atoms with Crippen LogP contribution in [0.5, 0.6) is 0 Å². The molecule has 5 nitrogen and oxygen atoms in total. The minimum absolute atomic E-state index is 0.352. The third-order valence-corrected chi connectivity index (χ3v) is 4.72. The van der Waals surface area contributed by atoms with Gasteiger partial charge in [0.2, 0.25) is 0 Å². The third kappa shape index (κ3) is 3.56. The summed E-state index contributed by atoms with van der Waals surface area (Å²) in [5.41, 5.74) is 1.55. The van der Waals surface area contributed by atoms with E-state index < -0.39 is 6.09 Å². The quantitative estimate of drug-likeness (QED) is 0.863. The normalized spacial score (nSPS) is 17.0. The molecule has 0 radical (unpaired) electrons. The van der Waals surface area contributed by atoms with E-state index in [9.17, 15) is 9.59 Å². The molecule has 0 fully saturated rings. The Kier molecular flexibility index (Phi) is 5.22. The van der Waals surface area contributed by atoms with Gasteiger partial charge in [0.05, 0.1) is 19.3 Å². The highest BCUT2D eigenvalue weighted by Crippen LogP contribution is 2.40. The molecule has 21 heavy (non-hydrogen) atoms. The molecule has 1 aliphatic rings. The zero-order chi connectivity index (χ0) is 15.4. The molecule has 1 aromatic rings. The second kappa shape index (κ2) is 6.93. The summed E-state index contributed by atoms with van der Waals surface area (Å²) in [5.74, 6) is 0.247. The number of esters is 1. The number of methoxy groups -OCH3 is 1. The van der Waals surface area contributed by atoms with Gasteiger partial charge in [0, 0.05) is 4.88 Å². The van der Waals surface area contributed by atoms with E-state index in [1.165, 1.54) is 23.3 Å². The summed E-state index contributed by atoms with van der Waals surface area (Å²) in [6, 6.07) is 0. The number of ether oxygens (including phenoxy) is 2. The fourth-order valence-electron chi connectivity index (χ4n) is 2.47. The molecule has 1 amide bonds. The summed E-state index contributed by atoms with van der Waals surface area (Å²) in [6.07, 6.45) is 3.05. The van der Waals surface area contributed by atoms with Crippen LogP contribution in [0.25, 0.3) is 0 Å². The molecule has 116 valence electrons. The summed E-state index contributed by atoms with van der Waals surface area (Å²) in [7, 11) is 1.31.